The monoisotopic (exact) mass is 393 g/mol. The van der Waals surface area contributed by atoms with Gasteiger partial charge in [-0.2, -0.15) is 0 Å². The van der Waals surface area contributed by atoms with Gasteiger partial charge in [-0.15, -0.1) is 0 Å². The Labute approximate surface area is 134 Å². The van der Waals surface area contributed by atoms with Gasteiger partial charge in [0.1, 0.15) is 5.82 Å². The number of hydrogen-bond donors (Lipinski definition) is 0. The van der Waals surface area contributed by atoms with Crippen LogP contribution in [0.25, 0.3) is 6.08 Å². The molecule has 0 radical (unpaired) electrons. The molecule has 104 valence electrons. The standard InChI is InChI=1S/C16H9FINO2/c17-13-4-2-1-3-11(13)9-14-16(20)21-15(19-14)10-5-7-12(18)8-6-10/h1-9H. The Morgan fingerprint density at radius 3 is 2.52 bits per heavy atom. The highest BCUT2D eigenvalue weighted by Gasteiger charge is 2.24. The van der Waals surface area contributed by atoms with Crippen molar-refractivity contribution in [2.45, 2.75) is 0 Å². The molecule has 0 N–H and O–H groups in total. The molecule has 0 saturated carbocycles. The maximum atomic E-state index is 13.6. The molecule has 0 bridgehead atoms. The maximum Gasteiger partial charge on any atom is 0.363 e. The SMILES string of the molecule is O=C1OC(c2ccc(I)cc2)=NC1=Cc1ccccc1F. The number of rotatable bonds is 2. The van der Waals surface area contributed by atoms with Crippen molar-refractivity contribution < 1.29 is 13.9 Å². The van der Waals surface area contributed by atoms with Crippen molar-refractivity contribution in [3.63, 3.8) is 0 Å². The molecule has 0 aliphatic carbocycles. The lowest BCUT2D eigenvalue weighted by molar-refractivity contribution is -0.129. The third-order valence-electron chi connectivity index (χ3n) is 2.91. The summed E-state index contributed by atoms with van der Waals surface area (Å²) >= 11 is 2.19. The average Bonchev–Trinajstić information content (AvgIpc) is 2.83. The zero-order valence-electron chi connectivity index (χ0n) is 10.7. The predicted octanol–water partition coefficient (Wildman–Crippen LogP) is 3.77. The van der Waals surface area contributed by atoms with Crippen LogP contribution in [0.1, 0.15) is 11.1 Å². The molecular formula is C16H9FINO2. The second-order valence-electron chi connectivity index (χ2n) is 4.36. The van der Waals surface area contributed by atoms with Gasteiger partial charge in [0.2, 0.25) is 5.90 Å². The fourth-order valence-electron chi connectivity index (χ4n) is 1.86. The largest absolute Gasteiger partial charge is 0.402 e. The lowest BCUT2D eigenvalue weighted by atomic mass is 10.2. The van der Waals surface area contributed by atoms with E-state index in [9.17, 15) is 9.18 Å². The Morgan fingerprint density at radius 1 is 1.10 bits per heavy atom. The quantitative estimate of drug-likeness (QED) is 0.443. The van der Waals surface area contributed by atoms with E-state index in [0.29, 0.717) is 11.1 Å². The van der Waals surface area contributed by atoms with Crippen molar-refractivity contribution in [2.24, 2.45) is 4.99 Å². The first-order valence-electron chi connectivity index (χ1n) is 6.16. The second-order valence-corrected chi connectivity index (χ2v) is 5.61. The van der Waals surface area contributed by atoms with E-state index in [1.165, 1.54) is 12.1 Å². The fraction of sp³-hybridized carbons (Fsp3) is 0. The van der Waals surface area contributed by atoms with Gasteiger partial charge in [0.25, 0.3) is 0 Å². The molecule has 1 aliphatic rings. The topological polar surface area (TPSA) is 38.7 Å². The minimum atomic E-state index is -0.577. The zero-order chi connectivity index (χ0) is 14.8. The number of hydrogen-bond acceptors (Lipinski definition) is 3. The Balaban J connectivity index is 1.96. The molecule has 0 unspecified atom stereocenters. The highest BCUT2D eigenvalue weighted by Crippen LogP contribution is 2.20. The van der Waals surface area contributed by atoms with Gasteiger partial charge in [-0.1, -0.05) is 18.2 Å². The van der Waals surface area contributed by atoms with Gasteiger partial charge in [0.15, 0.2) is 5.70 Å². The first kappa shape index (κ1) is 13.9. The molecule has 0 saturated heterocycles. The molecule has 3 rings (SSSR count). The summed E-state index contributed by atoms with van der Waals surface area (Å²) in [5.74, 6) is -0.749. The van der Waals surface area contributed by atoms with E-state index >= 15 is 0 Å². The molecule has 0 spiro atoms. The molecule has 2 aromatic carbocycles. The average molecular weight is 393 g/mol. The van der Waals surface area contributed by atoms with E-state index in [1.807, 2.05) is 24.3 Å². The highest BCUT2D eigenvalue weighted by molar-refractivity contribution is 14.1. The van der Waals surface area contributed by atoms with Gasteiger partial charge in [-0.05, 0) is 59.0 Å². The smallest absolute Gasteiger partial charge is 0.363 e. The first-order valence-corrected chi connectivity index (χ1v) is 7.24. The molecule has 0 fully saturated rings. The Hall–Kier alpha value is -2.02. The van der Waals surface area contributed by atoms with Gasteiger partial charge in [0, 0.05) is 14.7 Å². The number of esters is 1. The van der Waals surface area contributed by atoms with Gasteiger partial charge in [-0.25, -0.2) is 14.2 Å². The van der Waals surface area contributed by atoms with E-state index in [1.54, 1.807) is 18.2 Å². The lowest BCUT2D eigenvalue weighted by Gasteiger charge is -1.98. The summed E-state index contributed by atoms with van der Waals surface area (Å²) in [6, 6.07) is 13.6. The van der Waals surface area contributed by atoms with Crippen LogP contribution in [0, 0.1) is 9.39 Å². The molecule has 3 nitrogen and oxygen atoms in total. The van der Waals surface area contributed by atoms with E-state index in [-0.39, 0.29) is 11.6 Å². The Morgan fingerprint density at radius 2 is 1.81 bits per heavy atom. The number of benzene rings is 2. The molecule has 0 atom stereocenters. The van der Waals surface area contributed by atoms with Gasteiger partial charge in [-0.3, -0.25) is 0 Å². The van der Waals surface area contributed by atoms with Crippen LogP contribution >= 0.6 is 22.6 Å². The minimum Gasteiger partial charge on any atom is -0.402 e. The number of cyclic esters (lactones) is 1. The number of carbonyl (C=O) groups is 1. The molecule has 1 heterocycles. The van der Waals surface area contributed by atoms with Gasteiger partial charge < -0.3 is 4.74 Å². The number of aliphatic imine (C=N–C) groups is 1. The van der Waals surface area contributed by atoms with Crippen molar-refractivity contribution in [1.29, 1.82) is 0 Å². The number of carbonyl (C=O) groups excluding carboxylic acids is 1. The first-order chi connectivity index (χ1) is 10.1. The molecule has 5 heteroatoms. The van der Waals surface area contributed by atoms with Crippen LogP contribution in [0.15, 0.2) is 59.2 Å². The molecule has 0 amide bonds. The van der Waals surface area contributed by atoms with Crippen LogP contribution in [-0.4, -0.2) is 11.9 Å². The van der Waals surface area contributed by atoms with Crippen LogP contribution in [0.5, 0.6) is 0 Å². The third-order valence-corrected chi connectivity index (χ3v) is 3.63. The Kier molecular flexibility index (Phi) is 3.83. The predicted molar refractivity (Wildman–Crippen MR) is 86.2 cm³/mol. The summed E-state index contributed by atoms with van der Waals surface area (Å²) in [5.41, 5.74) is 1.10. The highest BCUT2D eigenvalue weighted by atomic mass is 127. The van der Waals surface area contributed by atoms with Crippen LogP contribution in [0.4, 0.5) is 4.39 Å². The van der Waals surface area contributed by atoms with Crippen LogP contribution < -0.4 is 0 Å². The summed E-state index contributed by atoms with van der Waals surface area (Å²) in [6.45, 7) is 0. The normalized spacial score (nSPS) is 16.0. The number of nitrogens with zero attached hydrogens (tertiary/aromatic N) is 1. The molecule has 21 heavy (non-hydrogen) atoms. The summed E-state index contributed by atoms with van der Waals surface area (Å²) in [5, 5.41) is 0. The summed E-state index contributed by atoms with van der Waals surface area (Å²) < 4.78 is 19.8. The maximum absolute atomic E-state index is 13.6. The van der Waals surface area contributed by atoms with Crippen molar-refractivity contribution in [3.05, 3.63) is 74.7 Å². The number of halogens is 2. The van der Waals surface area contributed by atoms with Gasteiger partial charge >= 0.3 is 5.97 Å². The summed E-state index contributed by atoms with van der Waals surface area (Å²) in [7, 11) is 0. The van der Waals surface area contributed by atoms with Crippen LogP contribution in [0.2, 0.25) is 0 Å². The minimum absolute atomic E-state index is 0.0913. The van der Waals surface area contributed by atoms with Crippen LogP contribution in [0.3, 0.4) is 0 Å². The molecule has 2 aromatic rings. The fourth-order valence-corrected chi connectivity index (χ4v) is 2.22. The zero-order valence-corrected chi connectivity index (χ0v) is 12.9. The Bertz CT molecular complexity index is 766. The molecule has 0 aromatic heterocycles. The lowest BCUT2D eigenvalue weighted by Crippen LogP contribution is -2.05. The van der Waals surface area contributed by atoms with Crippen molar-refractivity contribution in [2.75, 3.05) is 0 Å². The van der Waals surface area contributed by atoms with E-state index < -0.39 is 11.8 Å². The van der Waals surface area contributed by atoms with Crippen molar-refractivity contribution in [3.8, 4) is 0 Å². The van der Waals surface area contributed by atoms with E-state index in [0.717, 1.165) is 3.57 Å². The van der Waals surface area contributed by atoms with Gasteiger partial charge in [0.05, 0.1) is 0 Å². The second kappa shape index (κ2) is 5.77. The number of ether oxygens (including phenoxy) is 1. The van der Waals surface area contributed by atoms with Crippen molar-refractivity contribution in [1.82, 2.24) is 0 Å². The van der Waals surface area contributed by atoms with E-state index in [4.69, 9.17) is 4.74 Å². The summed E-state index contributed by atoms with van der Waals surface area (Å²) in [4.78, 5) is 16.0. The third kappa shape index (κ3) is 3.02. The molecular weight excluding hydrogens is 384 g/mol. The van der Waals surface area contributed by atoms with Crippen molar-refractivity contribution >= 4 is 40.5 Å². The van der Waals surface area contributed by atoms with Crippen LogP contribution in [-0.2, 0) is 9.53 Å². The summed E-state index contributed by atoms with van der Waals surface area (Å²) in [6.07, 6.45) is 1.39. The van der Waals surface area contributed by atoms with E-state index in [2.05, 4.69) is 27.6 Å². The molecule has 1 aliphatic heterocycles.